The van der Waals surface area contributed by atoms with Gasteiger partial charge in [-0.15, -0.1) is 0 Å². The fourth-order valence-corrected chi connectivity index (χ4v) is 2.75. The van der Waals surface area contributed by atoms with Crippen molar-refractivity contribution in [3.8, 4) is 0 Å². The molecule has 1 aromatic carbocycles. The van der Waals surface area contributed by atoms with E-state index in [0.717, 1.165) is 37.9 Å². The smallest absolute Gasteiger partial charge is 0.0819 e. The van der Waals surface area contributed by atoms with Crippen LogP contribution in [0.25, 0.3) is 0 Å². The summed E-state index contributed by atoms with van der Waals surface area (Å²) in [6.07, 6.45) is 2.98. The van der Waals surface area contributed by atoms with E-state index in [1.807, 2.05) is 0 Å². The van der Waals surface area contributed by atoms with Gasteiger partial charge in [-0.25, -0.2) is 0 Å². The van der Waals surface area contributed by atoms with Gasteiger partial charge >= 0.3 is 0 Å². The zero-order valence-electron chi connectivity index (χ0n) is 11.5. The van der Waals surface area contributed by atoms with Gasteiger partial charge in [0.1, 0.15) is 0 Å². The Morgan fingerprint density at radius 1 is 1.17 bits per heavy atom. The van der Waals surface area contributed by atoms with E-state index in [-0.39, 0.29) is 6.10 Å². The SMILES string of the molecule is CC(C)Cc1ccc(C(O)C2CCNCC2)cc1. The van der Waals surface area contributed by atoms with Gasteiger partial charge in [0.05, 0.1) is 6.10 Å². The zero-order chi connectivity index (χ0) is 13.0. The number of rotatable bonds is 4. The van der Waals surface area contributed by atoms with Gasteiger partial charge in [-0.2, -0.15) is 0 Å². The molecule has 0 amide bonds. The van der Waals surface area contributed by atoms with E-state index >= 15 is 0 Å². The predicted molar refractivity (Wildman–Crippen MR) is 75.5 cm³/mol. The number of aliphatic hydroxyl groups excluding tert-OH is 1. The van der Waals surface area contributed by atoms with Crippen molar-refractivity contribution in [2.24, 2.45) is 11.8 Å². The molecule has 0 radical (unpaired) electrons. The molecule has 0 aromatic heterocycles. The van der Waals surface area contributed by atoms with Gasteiger partial charge in [-0.1, -0.05) is 38.1 Å². The molecule has 1 saturated heterocycles. The lowest BCUT2D eigenvalue weighted by atomic mass is 9.87. The number of benzene rings is 1. The molecule has 18 heavy (non-hydrogen) atoms. The Morgan fingerprint density at radius 2 is 1.78 bits per heavy atom. The molecule has 2 nitrogen and oxygen atoms in total. The van der Waals surface area contributed by atoms with Crippen LogP contribution in [0, 0.1) is 11.8 Å². The summed E-state index contributed by atoms with van der Waals surface area (Å²) in [7, 11) is 0. The Bertz CT molecular complexity index is 352. The van der Waals surface area contributed by atoms with Gasteiger partial charge in [0, 0.05) is 0 Å². The van der Waals surface area contributed by atoms with Crippen LogP contribution in [0.3, 0.4) is 0 Å². The van der Waals surface area contributed by atoms with E-state index < -0.39 is 0 Å². The normalized spacial score (nSPS) is 19.1. The van der Waals surface area contributed by atoms with Crippen LogP contribution in [0.1, 0.15) is 43.9 Å². The number of piperidine rings is 1. The summed E-state index contributed by atoms with van der Waals surface area (Å²) >= 11 is 0. The molecular formula is C16H25NO. The fraction of sp³-hybridized carbons (Fsp3) is 0.625. The van der Waals surface area contributed by atoms with Gasteiger partial charge in [-0.05, 0) is 55.3 Å². The Kier molecular flexibility index (Phi) is 4.79. The van der Waals surface area contributed by atoms with Crippen LogP contribution < -0.4 is 5.32 Å². The maximum absolute atomic E-state index is 10.4. The molecule has 1 unspecified atom stereocenters. The Hall–Kier alpha value is -0.860. The molecule has 2 heteroatoms. The first-order valence-corrected chi connectivity index (χ1v) is 7.14. The Balaban J connectivity index is 1.99. The second-order valence-electron chi connectivity index (χ2n) is 5.87. The molecule has 1 aromatic rings. The third kappa shape index (κ3) is 3.56. The molecule has 0 bridgehead atoms. The minimum atomic E-state index is -0.291. The van der Waals surface area contributed by atoms with Gasteiger partial charge in [0.2, 0.25) is 0 Å². The second-order valence-corrected chi connectivity index (χ2v) is 5.87. The highest BCUT2D eigenvalue weighted by Gasteiger charge is 2.22. The molecule has 1 aliphatic heterocycles. The van der Waals surface area contributed by atoms with Crippen molar-refractivity contribution >= 4 is 0 Å². The maximum atomic E-state index is 10.4. The summed E-state index contributed by atoms with van der Waals surface area (Å²) in [5.74, 6) is 1.10. The lowest BCUT2D eigenvalue weighted by molar-refractivity contribution is 0.0889. The fourth-order valence-electron chi connectivity index (χ4n) is 2.75. The molecule has 2 N–H and O–H groups in total. The van der Waals surface area contributed by atoms with Gasteiger partial charge in [-0.3, -0.25) is 0 Å². The number of hydrogen-bond donors (Lipinski definition) is 2. The third-order valence-electron chi connectivity index (χ3n) is 3.80. The van der Waals surface area contributed by atoms with Gasteiger partial charge in [0.25, 0.3) is 0 Å². The average molecular weight is 247 g/mol. The van der Waals surface area contributed by atoms with Crippen LogP contribution in [0.4, 0.5) is 0 Å². The van der Waals surface area contributed by atoms with Crippen LogP contribution in [-0.4, -0.2) is 18.2 Å². The molecule has 1 aliphatic rings. The molecule has 100 valence electrons. The summed E-state index contributed by atoms with van der Waals surface area (Å²) in [6, 6.07) is 8.54. The van der Waals surface area contributed by atoms with Crippen molar-refractivity contribution in [2.45, 2.75) is 39.2 Å². The van der Waals surface area contributed by atoms with Crippen molar-refractivity contribution in [1.29, 1.82) is 0 Å². The van der Waals surface area contributed by atoms with Crippen molar-refractivity contribution in [2.75, 3.05) is 13.1 Å². The predicted octanol–water partition coefficient (Wildman–Crippen LogP) is 2.92. The standard InChI is InChI=1S/C16H25NO/c1-12(2)11-13-3-5-14(6-4-13)16(18)15-7-9-17-10-8-15/h3-6,12,15-18H,7-11H2,1-2H3. The summed E-state index contributed by atoms with van der Waals surface area (Å²) < 4.78 is 0. The number of nitrogens with one attached hydrogen (secondary N) is 1. The topological polar surface area (TPSA) is 32.3 Å². The second kappa shape index (κ2) is 6.35. The first kappa shape index (κ1) is 13.6. The summed E-state index contributed by atoms with van der Waals surface area (Å²) in [5.41, 5.74) is 2.45. The van der Waals surface area contributed by atoms with E-state index in [0.29, 0.717) is 11.8 Å². The monoisotopic (exact) mass is 247 g/mol. The molecule has 1 heterocycles. The lowest BCUT2D eigenvalue weighted by Gasteiger charge is -2.27. The van der Waals surface area contributed by atoms with E-state index in [4.69, 9.17) is 0 Å². The summed E-state index contributed by atoms with van der Waals surface area (Å²) in [4.78, 5) is 0. The molecule has 1 atom stereocenters. The zero-order valence-corrected chi connectivity index (χ0v) is 11.5. The van der Waals surface area contributed by atoms with Crippen molar-refractivity contribution in [3.05, 3.63) is 35.4 Å². The number of aliphatic hydroxyl groups is 1. The first-order chi connectivity index (χ1) is 8.66. The van der Waals surface area contributed by atoms with Crippen LogP contribution in [0.15, 0.2) is 24.3 Å². The van der Waals surface area contributed by atoms with Gasteiger partial charge in [0.15, 0.2) is 0 Å². The molecule has 0 saturated carbocycles. The maximum Gasteiger partial charge on any atom is 0.0819 e. The quantitative estimate of drug-likeness (QED) is 0.857. The molecule has 0 aliphatic carbocycles. The van der Waals surface area contributed by atoms with Crippen LogP contribution in [0.2, 0.25) is 0 Å². The highest BCUT2D eigenvalue weighted by molar-refractivity contribution is 5.25. The lowest BCUT2D eigenvalue weighted by Crippen LogP contribution is -2.30. The first-order valence-electron chi connectivity index (χ1n) is 7.14. The van der Waals surface area contributed by atoms with Crippen molar-refractivity contribution in [1.82, 2.24) is 5.32 Å². The van der Waals surface area contributed by atoms with Crippen LogP contribution in [0.5, 0.6) is 0 Å². The van der Waals surface area contributed by atoms with E-state index in [1.165, 1.54) is 5.56 Å². The molecule has 1 fully saturated rings. The molecule has 2 rings (SSSR count). The van der Waals surface area contributed by atoms with E-state index in [2.05, 4.69) is 43.4 Å². The highest BCUT2D eigenvalue weighted by atomic mass is 16.3. The molecule has 0 spiro atoms. The van der Waals surface area contributed by atoms with Crippen LogP contribution >= 0.6 is 0 Å². The largest absolute Gasteiger partial charge is 0.388 e. The average Bonchev–Trinajstić information content (AvgIpc) is 2.39. The van der Waals surface area contributed by atoms with Crippen LogP contribution in [-0.2, 0) is 6.42 Å². The minimum Gasteiger partial charge on any atom is -0.388 e. The Labute approximate surface area is 110 Å². The van der Waals surface area contributed by atoms with Crippen molar-refractivity contribution in [3.63, 3.8) is 0 Å². The Morgan fingerprint density at radius 3 is 2.33 bits per heavy atom. The summed E-state index contributed by atoms with van der Waals surface area (Å²) in [5, 5.41) is 13.7. The summed E-state index contributed by atoms with van der Waals surface area (Å²) in [6.45, 7) is 6.54. The number of hydrogen-bond acceptors (Lipinski definition) is 2. The third-order valence-corrected chi connectivity index (χ3v) is 3.80. The van der Waals surface area contributed by atoms with Gasteiger partial charge < -0.3 is 10.4 Å². The highest BCUT2D eigenvalue weighted by Crippen LogP contribution is 2.28. The minimum absolute atomic E-state index is 0.291. The molecular weight excluding hydrogens is 222 g/mol. The van der Waals surface area contributed by atoms with E-state index in [9.17, 15) is 5.11 Å². The van der Waals surface area contributed by atoms with E-state index in [1.54, 1.807) is 0 Å². The van der Waals surface area contributed by atoms with Crippen molar-refractivity contribution < 1.29 is 5.11 Å².